The summed E-state index contributed by atoms with van der Waals surface area (Å²) in [5.41, 5.74) is 0.0587. The number of nitrogens with zero attached hydrogens (tertiary/aromatic N) is 1. The van der Waals surface area contributed by atoms with Crippen molar-refractivity contribution in [1.29, 1.82) is 0 Å². The lowest BCUT2D eigenvalue weighted by molar-refractivity contribution is -0.137. The van der Waals surface area contributed by atoms with Crippen LogP contribution in [0.25, 0.3) is 0 Å². The Morgan fingerprint density at radius 1 is 1.33 bits per heavy atom. The van der Waals surface area contributed by atoms with Gasteiger partial charge in [0, 0.05) is 17.5 Å². The van der Waals surface area contributed by atoms with Crippen molar-refractivity contribution in [3.05, 3.63) is 50.4 Å². The number of thiophene rings is 1. The Morgan fingerprint density at radius 3 is 2.62 bits per heavy atom. The molecule has 0 aliphatic rings. The molecule has 0 amide bonds. The molecule has 0 N–H and O–H groups in total. The minimum atomic E-state index is -4.46. The third kappa shape index (κ3) is 3.95. The summed E-state index contributed by atoms with van der Waals surface area (Å²) in [6.07, 6.45) is -4.05. The van der Waals surface area contributed by atoms with E-state index in [9.17, 15) is 17.6 Å². The molecule has 0 saturated heterocycles. The first-order valence-electron chi connectivity index (χ1n) is 6.24. The van der Waals surface area contributed by atoms with Crippen LogP contribution in [0.15, 0.2) is 23.7 Å². The smallest absolute Gasteiger partial charge is 0.259 e. The van der Waals surface area contributed by atoms with E-state index < -0.39 is 17.9 Å². The summed E-state index contributed by atoms with van der Waals surface area (Å²) >= 11 is 7.20. The van der Waals surface area contributed by atoms with Crippen LogP contribution in [0.1, 0.15) is 41.2 Å². The average molecular weight is 338 g/mol. The summed E-state index contributed by atoms with van der Waals surface area (Å²) in [5.74, 6) is 0. The van der Waals surface area contributed by atoms with Crippen LogP contribution in [0.5, 0.6) is 0 Å². The standard InChI is InChI=1S/C14H12ClF4NS/c1-2-12(16)8-3-10(21-7-8)5-13-11(15)4-9(6-20-13)14(17,18)19/h3-4,6-7,12H,2,5H2,1H3. The lowest BCUT2D eigenvalue weighted by Gasteiger charge is -2.08. The second kappa shape index (κ2) is 6.32. The van der Waals surface area contributed by atoms with Crippen LogP contribution in [0.4, 0.5) is 17.6 Å². The predicted molar refractivity (Wildman–Crippen MR) is 75.5 cm³/mol. The molecule has 0 fully saturated rings. The monoisotopic (exact) mass is 337 g/mol. The Morgan fingerprint density at radius 2 is 2.05 bits per heavy atom. The number of aromatic nitrogens is 1. The van der Waals surface area contributed by atoms with Crippen molar-refractivity contribution in [3.8, 4) is 0 Å². The zero-order valence-electron chi connectivity index (χ0n) is 11.0. The van der Waals surface area contributed by atoms with Gasteiger partial charge in [-0.3, -0.25) is 4.98 Å². The van der Waals surface area contributed by atoms with Gasteiger partial charge in [-0.1, -0.05) is 18.5 Å². The maximum atomic E-state index is 13.5. The molecule has 0 aromatic carbocycles. The Balaban J connectivity index is 2.18. The van der Waals surface area contributed by atoms with Gasteiger partial charge in [-0.25, -0.2) is 4.39 Å². The summed E-state index contributed by atoms with van der Waals surface area (Å²) in [6, 6.07) is 2.57. The molecule has 114 valence electrons. The Labute approximate surface area is 128 Å². The number of hydrogen-bond acceptors (Lipinski definition) is 2. The molecule has 0 radical (unpaired) electrons. The molecule has 2 aromatic rings. The number of hydrogen-bond donors (Lipinski definition) is 0. The van der Waals surface area contributed by atoms with Gasteiger partial charge in [0.2, 0.25) is 0 Å². The highest BCUT2D eigenvalue weighted by molar-refractivity contribution is 7.10. The molecule has 2 rings (SSSR count). The number of alkyl halides is 4. The van der Waals surface area contributed by atoms with Crippen LogP contribution < -0.4 is 0 Å². The Hall–Kier alpha value is -1.14. The topological polar surface area (TPSA) is 12.9 Å². The zero-order valence-corrected chi connectivity index (χ0v) is 12.6. The second-order valence-electron chi connectivity index (χ2n) is 4.55. The molecule has 0 saturated carbocycles. The molecule has 1 unspecified atom stereocenters. The molecule has 0 spiro atoms. The van der Waals surface area contributed by atoms with E-state index in [1.165, 1.54) is 11.3 Å². The maximum Gasteiger partial charge on any atom is 0.417 e. The van der Waals surface area contributed by atoms with Crippen molar-refractivity contribution >= 4 is 22.9 Å². The molecule has 0 bridgehead atoms. The van der Waals surface area contributed by atoms with Gasteiger partial charge < -0.3 is 0 Å². The lowest BCUT2D eigenvalue weighted by atomic mass is 10.1. The number of pyridine rings is 1. The largest absolute Gasteiger partial charge is 0.417 e. The zero-order chi connectivity index (χ0) is 15.6. The summed E-state index contributed by atoms with van der Waals surface area (Å²) in [7, 11) is 0. The molecule has 1 atom stereocenters. The quantitative estimate of drug-likeness (QED) is 0.640. The molecule has 2 aromatic heterocycles. The van der Waals surface area contributed by atoms with Gasteiger partial charge in [0.25, 0.3) is 0 Å². The first-order chi connectivity index (χ1) is 9.81. The first-order valence-corrected chi connectivity index (χ1v) is 7.50. The van der Waals surface area contributed by atoms with Crippen molar-refractivity contribution in [3.63, 3.8) is 0 Å². The molecule has 7 heteroatoms. The molecular weight excluding hydrogens is 326 g/mol. The predicted octanol–water partition coefficient (Wildman–Crippen LogP) is 5.83. The number of rotatable bonds is 4. The molecule has 21 heavy (non-hydrogen) atoms. The van der Waals surface area contributed by atoms with Gasteiger partial charge in [0.15, 0.2) is 0 Å². The van der Waals surface area contributed by atoms with Crippen LogP contribution in [0, 0.1) is 0 Å². The fourth-order valence-corrected chi connectivity index (χ4v) is 2.97. The fraction of sp³-hybridized carbons (Fsp3) is 0.357. The molecule has 1 nitrogen and oxygen atoms in total. The van der Waals surface area contributed by atoms with Gasteiger partial charge in [-0.2, -0.15) is 13.2 Å². The highest BCUT2D eigenvalue weighted by Crippen LogP contribution is 2.32. The fourth-order valence-electron chi connectivity index (χ4n) is 1.81. The summed E-state index contributed by atoms with van der Waals surface area (Å²) < 4.78 is 51.1. The van der Waals surface area contributed by atoms with Crippen LogP contribution >= 0.6 is 22.9 Å². The Kier molecular flexibility index (Phi) is 4.88. The van der Waals surface area contributed by atoms with Crippen LogP contribution in [0.3, 0.4) is 0 Å². The lowest BCUT2D eigenvalue weighted by Crippen LogP contribution is -2.06. The average Bonchev–Trinajstić information content (AvgIpc) is 2.87. The van der Waals surface area contributed by atoms with Crippen molar-refractivity contribution in [2.45, 2.75) is 32.1 Å². The van der Waals surface area contributed by atoms with Gasteiger partial charge in [0.1, 0.15) is 6.17 Å². The van der Waals surface area contributed by atoms with E-state index in [1.807, 2.05) is 0 Å². The normalized spacial score (nSPS) is 13.4. The first kappa shape index (κ1) is 16.2. The van der Waals surface area contributed by atoms with E-state index in [0.717, 1.165) is 17.1 Å². The highest BCUT2D eigenvalue weighted by Gasteiger charge is 2.31. The SMILES string of the molecule is CCC(F)c1csc(Cc2ncc(C(F)(F)F)cc2Cl)c1. The molecule has 0 aliphatic carbocycles. The van der Waals surface area contributed by atoms with Crippen molar-refractivity contribution in [2.24, 2.45) is 0 Å². The highest BCUT2D eigenvalue weighted by atomic mass is 35.5. The van der Waals surface area contributed by atoms with E-state index in [1.54, 1.807) is 18.4 Å². The van der Waals surface area contributed by atoms with E-state index in [4.69, 9.17) is 11.6 Å². The molecule has 0 aliphatic heterocycles. The van der Waals surface area contributed by atoms with Crippen LogP contribution in [-0.2, 0) is 12.6 Å². The Bertz CT molecular complexity index is 624. The van der Waals surface area contributed by atoms with Gasteiger partial charge in [0.05, 0.1) is 16.3 Å². The summed E-state index contributed by atoms with van der Waals surface area (Å²) in [4.78, 5) is 4.59. The van der Waals surface area contributed by atoms with Crippen molar-refractivity contribution < 1.29 is 17.6 Å². The third-order valence-corrected chi connectivity index (χ3v) is 4.26. The number of halogens is 5. The van der Waals surface area contributed by atoms with E-state index >= 15 is 0 Å². The van der Waals surface area contributed by atoms with Crippen molar-refractivity contribution in [1.82, 2.24) is 4.98 Å². The molecule has 2 heterocycles. The third-order valence-electron chi connectivity index (χ3n) is 2.98. The maximum absolute atomic E-state index is 13.5. The van der Waals surface area contributed by atoms with Crippen LogP contribution in [0.2, 0.25) is 5.02 Å². The van der Waals surface area contributed by atoms with E-state index in [2.05, 4.69) is 4.98 Å². The van der Waals surface area contributed by atoms with E-state index in [0.29, 0.717) is 17.7 Å². The van der Waals surface area contributed by atoms with Crippen LogP contribution in [-0.4, -0.2) is 4.98 Å². The minimum absolute atomic E-state index is 0.0351. The minimum Gasteiger partial charge on any atom is -0.259 e. The summed E-state index contributed by atoms with van der Waals surface area (Å²) in [5, 5.41) is 1.67. The van der Waals surface area contributed by atoms with E-state index in [-0.39, 0.29) is 11.4 Å². The van der Waals surface area contributed by atoms with Gasteiger partial charge >= 0.3 is 6.18 Å². The second-order valence-corrected chi connectivity index (χ2v) is 5.95. The van der Waals surface area contributed by atoms with Gasteiger partial charge in [-0.15, -0.1) is 11.3 Å². The van der Waals surface area contributed by atoms with Crippen molar-refractivity contribution in [2.75, 3.05) is 0 Å². The summed E-state index contributed by atoms with van der Waals surface area (Å²) in [6.45, 7) is 1.75. The van der Waals surface area contributed by atoms with Gasteiger partial charge in [-0.05, 0) is 29.5 Å². The molecular formula is C14H12ClF4NS.